The Morgan fingerprint density at radius 2 is 2.00 bits per heavy atom. The standard InChI is InChI=1S/C19H26N4O2/c1-22(2)19-20-16(12-18(24)21-19)14-8-10-23(11-9-14)13-15-6-4-5-7-17(15)25-3/h4-7,12,14H,8-11,13H2,1-3H3,(H,20,21,24). The molecule has 0 unspecified atom stereocenters. The van der Waals surface area contributed by atoms with Gasteiger partial charge in [-0.3, -0.25) is 14.7 Å². The van der Waals surface area contributed by atoms with Crippen LogP contribution in [0.3, 0.4) is 0 Å². The van der Waals surface area contributed by atoms with E-state index in [-0.39, 0.29) is 5.56 Å². The highest BCUT2D eigenvalue weighted by atomic mass is 16.5. The van der Waals surface area contributed by atoms with Crippen LogP contribution in [0.25, 0.3) is 0 Å². The number of ether oxygens (including phenoxy) is 1. The van der Waals surface area contributed by atoms with Crippen molar-refractivity contribution in [1.29, 1.82) is 0 Å². The monoisotopic (exact) mass is 342 g/mol. The number of anilines is 1. The van der Waals surface area contributed by atoms with Crippen molar-refractivity contribution in [2.24, 2.45) is 0 Å². The first-order valence-electron chi connectivity index (χ1n) is 8.69. The lowest BCUT2D eigenvalue weighted by Gasteiger charge is -2.32. The summed E-state index contributed by atoms with van der Waals surface area (Å²) in [5.74, 6) is 1.91. The lowest BCUT2D eigenvalue weighted by Crippen LogP contribution is -2.33. The van der Waals surface area contributed by atoms with Crippen molar-refractivity contribution in [3.05, 3.63) is 51.9 Å². The second-order valence-electron chi connectivity index (χ2n) is 6.75. The van der Waals surface area contributed by atoms with E-state index in [0.29, 0.717) is 11.9 Å². The largest absolute Gasteiger partial charge is 0.496 e. The Morgan fingerprint density at radius 1 is 1.28 bits per heavy atom. The quantitative estimate of drug-likeness (QED) is 0.903. The molecule has 1 N–H and O–H groups in total. The molecule has 25 heavy (non-hydrogen) atoms. The van der Waals surface area contributed by atoms with Crippen LogP contribution in [0, 0.1) is 0 Å². The topological polar surface area (TPSA) is 61.5 Å². The minimum Gasteiger partial charge on any atom is -0.496 e. The number of para-hydroxylation sites is 1. The maximum atomic E-state index is 11.9. The van der Waals surface area contributed by atoms with E-state index >= 15 is 0 Å². The van der Waals surface area contributed by atoms with Crippen molar-refractivity contribution >= 4 is 5.95 Å². The summed E-state index contributed by atoms with van der Waals surface area (Å²) in [6.07, 6.45) is 2.02. The van der Waals surface area contributed by atoms with E-state index in [1.165, 1.54) is 5.56 Å². The Kier molecular flexibility index (Phi) is 5.38. The highest BCUT2D eigenvalue weighted by Crippen LogP contribution is 2.28. The van der Waals surface area contributed by atoms with E-state index in [1.807, 2.05) is 37.2 Å². The summed E-state index contributed by atoms with van der Waals surface area (Å²) in [6.45, 7) is 2.88. The Bertz CT molecular complexity index is 764. The maximum absolute atomic E-state index is 11.9. The molecule has 6 nitrogen and oxygen atoms in total. The van der Waals surface area contributed by atoms with Gasteiger partial charge in [-0.25, -0.2) is 4.98 Å². The molecule has 2 heterocycles. The van der Waals surface area contributed by atoms with Gasteiger partial charge in [0.05, 0.1) is 12.8 Å². The van der Waals surface area contributed by atoms with Crippen LogP contribution in [0.2, 0.25) is 0 Å². The third kappa shape index (κ3) is 4.20. The fourth-order valence-corrected chi connectivity index (χ4v) is 3.35. The van der Waals surface area contributed by atoms with Gasteiger partial charge in [-0.1, -0.05) is 18.2 Å². The van der Waals surface area contributed by atoms with Gasteiger partial charge < -0.3 is 9.64 Å². The molecule has 1 aromatic heterocycles. The fraction of sp³-hybridized carbons (Fsp3) is 0.474. The number of H-pyrrole nitrogens is 1. The normalized spacial score (nSPS) is 16.0. The summed E-state index contributed by atoms with van der Waals surface area (Å²) >= 11 is 0. The molecule has 1 fully saturated rings. The van der Waals surface area contributed by atoms with E-state index in [4.69, 9.17) is 4.74 Å². The molecule has 0 aliphatic carbocycles. The summed E-state index contributed by atoms with van der Waals surface area (Å²) < 4.78 is 5.45. The zero-order valence-corrected chi connectivity index (χ0v) is 15.2. The highest BCUT2D eigenvalue weighted by molar-refractivity contribution is 5.33. The molecule has 1 aliphatic heterocycles. The fourth-order valence-electron chi connectivity index (χ4n) is 3.35. The lowest BCUT2D eigenvalue weighted by atomic mass is 9.93. The van der Waals surface area contributed by atoms with Crippen LogP contribution in [-0.2, 0) is 6.54 Å². The SMILES string of the molecule is COc1ccccc1CN1CCC(c2cc(=O)[nH]c(N(C)C)n2)CC1. The highest BCUT2D eigenvalue weighted by Gasteiger charge is 2.23. The van der Waals surface area contributed by atoms with Crippen molar-refractivity contribution in [1.82, 2.24) is 14.9 Å². The number of aromatic nitrogens is 2. The summed E-state index contributed by atoms with van der Waals surface area (Å²) in [6, 6.07) is 9.81. The molecule has 0 saturated carbocycles. The van der Waals surface area contributed by atoms with Crippen LogP contribution in [0.15, 0.2) is 35.1 Å². The van der Waals surface area contributed by atoms with Gasteiger partial charge in [-0.05, 0) is 32.0 Å². The van der Waals surface area contributed by atoms with Gasteiger partial charge in [-0.15, -0.1) is 0 Å². The number of nitrogens with zero attached hydrogens (tertiary/aromatic N) is 3. The Hall–Kier alpha value is -2.34. The van der Waals surface area contributed by atoms with Gasteiger partial charge in [-0.2, -0.15) is 0 Å². The smallest absolute Gasteiger partial charge is 0.252 e. The predicted molar refractivity (Wildman–Crippen MR) is 99.4 cm³/mol. The minimum absolute atomic E-state index is 0.0786. The molecule has 0 amide bonds. The van der Waals surface area contributed by atoms with Gasteiger partial charge in [0.25, 0.3) is 5.56 Å². The number of aromatic amines is 1. The number of likely N-dealkylation sites (tertiary alicyclic amines) is 1. The van der Waals surface area contributed by atoms with Crippen LogP contribution in [0.4, 0.5) is 5.95 Å². The van der Waals surface area contributed by atoms with Crippen LogP contribution < -0.4 is 15.2 Å². The zero-order valence-electron chi connectivity index (χ0n) is 15.2. The first-order valence-corrected chi connectivity index (χ1v) is 8.69. The van der Waals surface area contributed by atoms with Crippen LogP contribution in [-0.4, -0.2) is 49.2 Å². The molecule has 1 aliphatic rings. The van der Waals surface area contributed by atoms with Gasteiger partial charge >= 0.3 is 0 Å². The molecular formula is C19H26N4O2. The van der Waals surface area contributed by atoms with Crippen molar-refractivity contribution in [2.75, 3.05) is 39.2 Å². The molecule has 0 bridgehead atoms. The third-order valence-electron chi connectivity index (χ3n) is 4.76. The number of methoxy groups -OCH3 is 1. The van der Waals surface area contributed by atoms with Crippen LogP contribution in [0.1, 0.15) is 30.0 Å². The van der Waals surface area contributed by atoms with Gasteiger partial charge in [0, 0.05) is 38.2 Å². The summed E-state index contributed by atoms with van der Waals surface area (Å²) in [7, 11) is 5.49. The number of hydrogen-bond donors (Lipinski definition) is 1. The molecule has 1 saturated heterocycles. The number of piperidine rings is 1. The molecule has 0 spiro atoms. The van der Waals surface area contributed by atoms with Gasteiger partial charge in [0.15, 0.2) is 0 Å². The predicted octanol–water partition coefficient (Wildman–Crippen LogP) is 2.22. The van der Waals surface area contributed by atoms with Crippen LogP contribution in [0.5, 0.6) is 5.75 Å². The Morgan fingerprint density at radius 3 is 2.68 bits per heavy atom. The summed E-state index contributed by atoms with van der Waals surface area (Å²) in [5.41, 5.74) is 2.04. The van der Waals surface area contributed by atoms with E-state index < -0.39 is 0 Å². The van der Waals surface area contributed by atoms with E-state index in [2.05, 4.69) is 20.9 Å². The van der Waals surface area contributed by atoms with Crippen molar-refractivity contribution in [2.45, 2.75) is 25.3 Å². The molecule has 6 heteroatoms. The molecule has 2 aromatic rings. The van der Waals surface area contributed by atoms with E-state index in [9.17, 15) is 4.79 Å². The van der Waals surface area contributed by atoms with E-state index in [1.54, 1.807) is 13.2 Å². The van der Waals surface area contributed by atoms with Gasteiger partial charge in [0.1, 0.15) is 5.75 Å². The number of rotatable bonds is 5. The number of hydrogen-bond acceptors (Lipinski definition) is 5. The van der Waals surface area contributed by atoms with Crippen LogP contribution >= 0.6 is 0 Å². The molecule has 134 valence electrons. The minimum atomic E-state index is -0.0786. The second-order valence-corrected chi connectivity index (χ2v) is 6.75. The molecular weight excluding hydrogens is 316 g/mol. The maximum Gasteiger partial charge on any atom is 0.252 e. The Labute approximate surface area is 148 Å². The van der Waals surface area contributed by atoms with Crippen molar-refractivity contribution < 1.29 is 4.74 Å². The average Bonchev–Trinajstić information content (AvgIpc) is 2.62. The van der Waals surface area contributed by atoms with E-state index in [0.717, 1.165) is 43.9 Å². The first-order chi connectivity index (χ1) is 12.1. The summed E-state index contributed by atoms with van der Waals surface area (Å²) in [4.78, 5) is 23.6. The second kappa shape index (κ2) is 7.70. The Balaban J connectivity index is 1.65. The molecule has 0 atom stereocenters. The average molecular weight is 342 g/mol. The third-order valence-corrected chi connectivity index (χ3v) is 4.76. The number of benzene rings is 1. The number of nitrogens with one attached hydrogen (secondary N) is 1. The van der Waals surface area contributed by atoms with Crippen molar-refractivity contribution in [3.8, 4) is 5.75 Å². The zero-order chi connectivity index (χ0) is 17.8. The summed E-state index contributed by atoms with van der Waals surface area (Å²) in [5, 5.41) is 0. The molecule has 3 rings (SSSR count). The lowest BCUT2D eigenvalue weighted by molar-refractivity contribution is 0.201. The molecule has 1 aromatic carbocycles. The van der Waals surface area contributed by atoms with Crippen molar-refractivity contribution in [3.63, 3.8) is 0 Å². The molecule has 0 radical (unpaired) electrons. The van der Waals surface area contributed by atoms with Gasteiger partial charge in [0.2, 0.25) is 5.95 Å². The first kappa shape index (κ1) is 17.5.